The van der Waals surface area contributed by atoms with Gasteiger partial charge in [-0.2, -0.15) is 0 Å². The second kappa shape index (κ2) is 8.33. The zero-order chi connectivity index (χ0) is 18.4. The number of hydrogen-bond acceptors (Lipinski definition) is 5. The van der Waals surface area contributed by atoms with E-state index in [-0.39, 0.29) is 11.5 Å². The van der Waals surface area contributed by atoms with Crippen molar-refractivity contribution in [2.24, 2.45) is 0 Å². The lowest BCUT2D eigenvalue weighted by Crippen LogP contribution is -1.93. The number of rotatable bonds is 6. The van der Waals surface area contributed by atoms with Crippen LogP contribution in [0.4, 0.5) is 5.82 Å². The Labute approximate surface area is 148 Å². The van der Waals surface area contributed by atoms with E-state index in [1.54, 1.807) is 12.1 Å². The monoisotopic (exact) mass is 339 g/mol. The van der Waals surface area contributed by atoms with Crippen molar-refractivity contribution in [3.8, 4) is 22.8 Å². The van der Waals surface area contributed by atoms with Gasteiger partial charge in [0, 0.05) is 11.1 Å². The topological polar surface area (TPSA) is 92.3 Å². The zero-order valence-corrected chi connectivity index (χ0v) is 15.0. The van der Waals surface area contributed by atoms with Crippen molar-refractivity contribution >= 4 is 5.82 Å². The van der Waals surface area contributed by atoms with E-state index in [1.807, 2.05) is 6.08 Å². The van der Waals surface area contributed by atoms with Crippen LogP contribution in [0.1, 0.15) is 39.2 Å². The minimum Gasteiger partial charge on any atom is -0.507 e. The zero-order valence-electron chi connectivity index (χ0n) is 15.0. The fourth-order valence-corrected chi connectivity index (χ4v) is 2.45. The molecule has 5 nitrogen and oxygen atoms in total. The lowest BCUT2D eigenvalue weighted by Gasteiger charge is -2.09. The summed E-state index contributed by atoms with van der Waals surface area (Å²) in [6.07, 6.45) is 9.63. The fraction of sp³-hybridized carbons (Fsp3) is 0.300. The van der Waals surface area contributed by atoms with Gasteiger partial charge in [0.15, 0.2) is 0 Å². The molecule has 0 fully saturated rings. The molecule has 0 aliphatic heterocycles. The highest BCUT2D eigenvalue weighted by Crippen LogP contribution is 2.33. The van der Waals surface area contributed by atoms with Crippen molar-refractivity contribution < 1.29 is 10.2 Å². The van der Waals surface area contributed by atoms with Gasteiger partial charge in [0.05, 0.1) is 18.1 Å². The van der Waals surface area contributed by atoms with E-state index in [2.05, 4.69) is 36.8 Å². The molecule has 2 aromatic rings. The van der Waals surface area contributed by atoms with Crippen molar-refractivity contribution in [1.82, 2.24) is 9.97 Å². The van der Waals surface area contributed by atoms with E-state index in [0.29, 0.717) is 29.1 Å². The number of hydrogen-bond donors (Lipinski definition) is 3. The number of phenols is 2. The van der Waals surface area contributed by atoms with Crippen molar-refractivity contribution in [1.29, 1.82) is 0 Å². The van der Waals surface area contributed by atoms with Gasteiger partial charge >= 0.3 is 0 Å². The van der Waals surface area contributed by atoms with Crippen LogP contribution in [0.5, 0.6) is 11.5 Å². The average Bonchev–Trinajstić information content (AvgIpc) is 2.54. The largest absolute Gasteiger partial charge is 0.507 e. The van der Waals surface area contributed by atoms with Crippen molar-refractivity contribution in [2.75, 3.05) is 5.73 Å². The molecule has 2 rings (SSSR count). The van der Waals surface area contributed by atoms with E-state index in [1.165, 1.54) is 23.5 Å². The van der Waals surface area contributed by atoms with Gasteiger partial charge in [0.1, 0.15) is 17.3 Å². The predicted molar refractivity (Wildman–Crippen MR) is 101 cm³/mol. The first-order chi connectivity index (χ1) is 11.9. The standard InChI is InChI=1S/C20H25N3O2/c1-13(2)5-4-6-14(3)7-8-16-18(24)9-15(10-19(16)25)17-11-23-20(21)12-22-17/h5,7,9-12,24-25H,4,6,8H2,1-3H3,(H2,21,23)/b14-7+. The smallest absolute Gasteiger partial charge is 0.141 e. The number of benzene rings is 1. The maximum Gasteiger partial charge on any atom is 0.141 e. The fourth-order valence-electron chi connectivity index (χ4n) is 2.45. The molecular formula is C20H25N3O2. The SMILES string of the molecule is CC(C)=CCC/C(C)=C/Cc1c(O)cc(-c2cnc(N)cn2)cc1O. The molecule has 0 amide bonds. The molecule has 0 spiro atoms. The van der Waals surface area contributed by atoms with Crippen LogP contribution in [0.3, 0.4) is 0 Å². The molecule has 0 bridgehead atoms. The molecule has 5 heteroatoms. The maximum atomic E-state index is 10.3. The molecule has 132 valence electrons. The lowest BCUT2D eigenvalue weighted by molar-refractivity contribution is 0.441. The van der Waals surface area contributed by atoms with E-state index >= 15 is 0 Å². The minimum atomic E-state index is 0.0435. The maximum absolute atomic E-state index is 10.3. The highest BCUT2D eigenvalue weighted by Gasteiger charge is 2.11. The molecule has 0 aliphatic rings. The Morgan fingerprint density at radius 2 is 1.72 bits per heavy atom. The number of nitrogen functional groups attached to an aromatic ring is 1. The number of anilines is 1. The summed E-state index contributed by atoms with van der Waals surface area (Å²) >= 11 is 0. The molecule has 0 saturated heterocycles. The summed E-state index contributed by atoms with van der Waals surface area (Å²) in [6.45, 7) is 6.23. The van der Waals surface area contributed by atoms with Crippen molar-refractivity contribution in [2.45, 2.75) is 40.0 Å². The Hall–Kier alpha value is -2.82. The van der Waals surface area contributed by atoms with Crippen molar-refractivity contribution in [3.63, 3.8) is 0 Å². The summed E-state index contributed by atoms with van der Waals surface area (Å²) in [6, 6.07) is 3.17. The average molecular weight is 339 g/mol. The molecule has 4 N–H and O–H groups in total. The van der Waals surface area contributed by atoms with Gasteiger partial charge in [-0.25, -0.2) is 4.98 Å². The van der Waals surface area contributed by atoms with Crippen LogP contribution >= 0.6 is 0 Å². The second-order valence-corrected chi connectivity index (χ2v) is 6.39. The third kappa shape index (κ3) is 5.35. The quantitative estimate of drug-likeness (QED) is 0.680. The predicted octanol–water partition coefficient (Wildman–Crippen LogP) is 4.37. The molecule has 0 radical (unpaired) electrons. The Morgan fingerprint density at radius 1 is 1.04 bits per heavy atom. The van der Waals surface area contributed by atoms with Crippen LogP contribution in [0.2, 0.25) is 0 Å². The van der Waals surface area contributed by atoms with Crippen LogP contribution in [0, 0.1) is 0 Å². The van der Waals surface area contributed by atoms with E-state index in [4.69, 9.17) is 5.73 Å². The summed E-state index contributed by atoms with van der Waals surface area (Å²) < 4.78 is 0. The third-order valence-corrected chi connectivity index (χ3v) is 3.92. The number of aromatic nitrogens is 2. The van der Waals surface area contributed by atoms with Gasteiger partial charge < -0.3 is 15.9 Å². The first-order valence-corrected chi connectivity index (χ1v) is 8.28. The number of phenolic OH excluding ortho intramolecular Hbond substituents is 2. The number of aromatic hydroxyl groups is 2. The number of nitrogens with zero attached hydrogens (tertiary/aromatic N) is 2. The first-order valence-electron chi connectivity index (χ1n) is 8.28. The van der Waals surface area contributed by atoms with Gasteiger partial charge in [-0.05, 0) is 52.2 Å². The van der Waals surface area contributed by atoms with E-state index in [9.17, 15) is 10.2 Å². The molecule has 1 aromatic carbocycles. The molecule has 0 saturated carbocycles. The number of nitrogens with two attached hydrogens (primary N) is 1. The van der Waals surface area contributed by atoms with Crippen LogP contribution in [-0.4, -0.2) is 20.2 Å². The Morgan fingerprint density at radius 3 is 2.28 bits per heavy atom. The molecule has 0 atom stereocenters. The summed E-state index contributed by atoms with van der Waals surface area (Å²) in [5, 5.41) is 20.6. The minimum absolute atomic E-state index is 0.0435. The molecule has 1 heterocycles. The van der Waals surface area contributed by atoms with Gasteiger partial charge in [0.25, 0.3) is 0 Å². The Kier molecular flexibility index (Phi) is 6.17. The van der Waals surface area contributed by atoms with Crippen LogP contribution in [0.25, 0.3) is 11.3 Å². The molecular weight excluding hydrogens is 314 g/mol. The van der Waals surface area contributed by atoms with Crippen LogP contribution in [0.15, 0.2) is 47.8 Å². The molecule has 0 unspecified atom stereocenters. The van der Waals surface area contributed by atoms with Gasteiger partial charge in [-0.3, -0.25) is 4.98 Å². The van der Waals surface area contributed by atoms with Crippen molar-refractivity contribution in [3.05, 3.63) is 53.4 Å². The Bertz CT molecular complexity index is 766. The van der Waals surface area contributed by atoms with Gasteiger partial charge in [-0.15, -0.1) is 0 Å². The van der Waals surface area contributed by atoms with E-state index < -0.39 is 0 Å². The summed E-state index contributed by atoms with van der Waals surface area (Å²) in [7, 11) is 0. The Balaban J connectivity index is 2.14. The molecule has 25 heavy (non-hydrogen) atoms. The summed E-state index contributed by atoms with van der Waals surface area (Å²) in [5.41, 5.74) is 9.70. The lowest BCUT2D eigenvalue weighted by atomic mass is 10.0. The van der Waals surface area contributed by atoms with Gasteiger partial charge in [-0.1, -0.05) is 23.3 Å². The first kappa shape index (κ1) is 18.5. The summed E-state index contributed by atoms with van der Waals surface area (Å²) in [4.78, 5) is 8.13. The normalized spacial score (nSPS) is 11.4. The van der Waals surface area contributed by atoms with Gasteiger partial charge in [0.2, 0.25) is 0 Å². The van der Waals surface area contributed by atoms with Crippen LogP contribution < -0.4 is 5.73 Å². The second-order valence-electron chi connectivity index (χ2n) is 6.39. The third-order valence-electron chi connectivity index (χ3n) is 3.92. The number of allylic oxidation sites excluding steroid dienone is 4. The molecule has 0 aliphatic carbocycles. The summed E-state index contributed by atoms with van der Waals surface area (Å²) in [5.74, 6) is 0.409. The highest BCUT2D eigenvalue weighted by molar-refractivity contribution is 5.65. The van der Waals surface area contributed by atoms with Crippen LogP contribution in [-0.2, 0) is 6.42 Å². The highest BCUT2D eigenvalue weighted by atomic mass is 16.3. The van der Waals surface area contributed by atoms with E-state index in [0.717, 1.165) is 12.8 Å². The molecule has 1 aromatic heterocycles.